The van der Waals surface area contributed by atoms with E-state index in [1.165, 1.54) is 5.69 Å². The third-order valence-corrected chi connectivity index (χ3v) is 4.96. The van der Waals surface area contributed by atoms with Crippen LogP contribution in [0.25, 0.3) is 0 Å². The lowest BCUT2D eigenvalue weighted by Gasteiger charge is -2.21. The predicted octanol–water partition coefficient (Wildman–Crippen LogP) is 2.62. The van der Waals surface area contributed by atoms with E-state index in [-0.39, 0.29) is 0 Å². The second-order valence-corrected chi connectivity index (χ2v) is 8.19. The maximum absolute atomic E-state index is 10.1. The van der Waals surface area contributed by atoms with Gasteiger partial charge < -0.3 is 25.4 Å². The number of nitrogens with zero attached hydrogens (tertiary/aromatic N) is 2. The molecule has 1 aromatic rings. The van der Waals surface area contributed by atoms with Gasteiger partial charge in [0.25, 0.3) is 0 Å². The molecule has 2 unspecified atom stereocenters. The number of nitrogens with one attached hydrogen (secondary N) is 2. The summed E-state index contributed by atoms with van der Waals surface area (Å²) in [5.74, 6) is 1.22. The van der Waals surface area contributed by atoms with Crippen molar-refractivity contribution in [2.75, 3.05) is 44.3 Å². The molecule has 152 valence electrons. The molecular formula is C20H33BrN4O2. The van der Waals surface area contributed by atoms with Crippen LogP contribution in [0.1, 0.15) is 27.2 Å². The molecule has 7 heteroatoms. The molecule has 1 heterocycles. The van der Waals surface area contributed by atoms with E-state index in [0.29, 0.717) is 31.7 Å². The highest BCUT2D eigenvalue weighted by molar-refractivity contribution is 9.10. The molecule has 0 aliphatic carbocycles. The van der Waals surface area contributed by atoms with E-state index < -0.39 is 6.10 Å². The Morgan fingerprint density at radius 3 is 2.85 bits per heavy atom. The Labute approximate surface area is 171 Å². The van der Waals surface area contributed by atoms with Crippen LogP contribution in [0.3, 0.4) is 0 Å². The number of aliphatic hydroxyl groups excluding tert-OH is 1. The van der Waals surface area contributed by atoms with Crippen molar-refractivity contribution < 1.29 is 9.84 Å². The molecule has 3 N–H and O–H groups in total. The highest BCUT2D eigenvalue weighted by Crippen LogP contribution is 2.28. The highest BCUT2D eigenvalue weighted by Gasteiger charge is 2.24. The summed E-state index contributed by atoms with van der Waals surface area (Å²) in [6.45, 7) is 10.2. The van der Waals surface area contributed by atoms with Gasteiger partial charge in [0.05, 0.1) is 24.9 Å². The number of aliphatic imine (C=N–C) groups is 1. The molecule has 0 spiro atoms. The van der Waals surface area contributed by atoms with Gasteiger partial charge in [0, 0.05) is 36.8 Å². The Hall–Kier alpha value is -1.31. The molecule has 2 atom stereocenters. The lowest BCUT2D eigenvalue weighted by molar-refractivity contribution is 0.0301. The molecule has 1 aromatic carbocycles. The van der Waals surface area contributed by atoms with Crippen LogP contribution in [0.15, 0.2) is 33.7 Å². The number of para-hydroxylation sites is 1. The lowest BCUT2D eigenvalue weighted by Crippen LogP contribution is -2.45. The first kappa shape index (κ1) is 22.0. The lowest BCUT2D eigenvalue weighted by atomic mass is 10.2. The predicted molar refractivity (Wildman–Crippen MR) is 116 cm³/mol. The fourth-order valence-corrected chi connectivity index (χ4v) is 3.54. The van der Waals surface area contributed by atoms with Crippen molar-refractivity contribution in [2.24, 2.45) is 10.9 Å². The number of halogens is 1. The van der Waals surface area contributed by atoms with Crippen LogP contribution < -0.4 is 15.5 Å². The minimum absolute atomic E-state index is 0.320. The van der Waals surface area contributed by atoms with Crippen LogP contribution in [-0.4, -0.2) is 62.6 Å². The van der Waals surface area contributed by atoms with Crippen LogP contribution in [-0.2, 0) is 4.74 Å². The van der Waals surface area contributed by atoms with E-state index in [1.807, 2.05) is 13.0 Å². The standard InChI is InChI=1S/C20H33BrN4O2/c1-4-22-20(23-11-17(26)14-27-13-15(2)3)24-16-9-10-25(12-16)19-8-6-5-7-18(19)21/h5-8,15-17,26H,4,9-14H2,1-3H3,(H2,22,23,24). The van der Waals surface area contributed by atoms with E-state index >= 15 is 0 Å². The summed E-state index contributed by atoms with van der Waals surface area (Å²) in [4.78, 5) is 6.90. The number of rotatable bonds is 9. The highest BCUT2D eigenvalue weighted by atomic mass is 79.9. The Morgan fingerprint density at radius 1 is 1.37 bits per heavy atom. The molecule has 1 fully saturated rings. The van der Waals surface area contributed by atoms with Crippen LogP contribution in [0.5, 0.6) is 0 Å². The molecule has 0 saturated carbocycles. The van der Waals surface area contributed by atoms with Crippen LogP contribution in [0, 0.1) is 5.92 Å². The number of benzene rings is 1. The molecular weight excluding hydrogens is 408 g/mol. The average Bonchev–Trinajstić information content (AvgIpc) is 3.08. The van der Waals surface area contributed by atoms with Crippen molar-refractivity contribution in [1.29, 1.82) is 0 Å². The van der Waals surface area contributed by atoms with Gasteiger partial charge in [-0.15, -0.1) is 0 Å². The SMILES string of the molecule is CCNC(=NCC(O)COCC(C)C)NC1CCN(c2ccccc2Br)C1. The zero-order valence-electron chi connectivity index (χ0n) is 16.6. The van der Waals surface area contributed by atoms with Gasteiger partial charge in [0.1, 0.15) is 0 Å². The molecule has 0 aromatic heterocycles. The Bertz CT molecular complexity index is 597. The van der Waals surface area contributed by atoms with Crippen molar-refractivity contribution in [3.8, 4) is 0 Å². The van der Waals surface area contributed by atoms with Gasteiger partial charge in [0.15, 0.2) is 5.96 Å². The maximum atomic E-state index is 10.1. The third-order valence-electron chi connectivity index (χ3n) is 4.29. The van der Waals surface area contributed by atoms with E-state index in [9.17, 15) is 5.11 Å². The van der Waals surface area contributed by atoms with E-state index in [2.05, 4.69) is 68.5 Å². The summed E-state index contributed by atoms with van der Waals surface area (Å²) in [6.07, 6.45) is 0.464. The zero-order chi connectivity index (χ0) is 19.6. The normalized spacial score (nSPS) is 18.8. The summed E-state index contributed by atoms with van der Waals surface area (Å²) in [5.41, 5.74) is 1.22. The van der Waals surface area contributed by atoms with Crippen molar-refractivity contribution >= 4 is 27.6 Å². The largest absolute Gasteiger partial charge is 0.389 e. The number of anilines is 1. The first-order valence-corrected chi connectivity index (χ1v) is 10.6. The van der Waals surface area contributed by atoms with Gasteiger partial charge in [-0.3, -0.25) is 4.99 Å². The van der Waals surface area contributed by atoms with Crippen molar-refractivity contribution in [3.05, 3.63) is 28.7 Å². The van der Waals surface area contributed by atoms with Crippen LogP contribution >= 0.6 is 15.9 Å². The Kier molecular flexibility index (Phi) is 9.38. The van der Waals surface area contributed by atoms with Crippen LogP contribution in [0.2, 0.25) is 0 Å². The molecule has 2 rings (SSSR count). The Balaban J connectivity index is 1.84. The Morgan fingerprint density at radius 2 is 2.15 bits per heavy atom. The molecule has 1 aliphatic rings. The first-order valence-electron chi connectivity index (χ1n) is 9.79. The number of hydrogen-bond acceptors (Lipinski definition) is 4. The molecule has 27 heavy (non-hydrogen) atoms. The topological polar surface area (TPSA) is 69.1 Å². The fraction of sp³-hybridized carbons (Fsp3) is 0.650. The smallest absolute Gasteiger partial charge is 0.191 e. The number of guanidine groups is 1. The van der Waals surface area contributed by atoms with Gasteiger partial charge in [-0.25, -0.2) is 0 Å². The second kappa shape index (κ2) is 11.5. The van der Waals surface area contributed by atoms with Gasteiger partial charge in [-0.1, -0.05) is 26.0 Å². The van der Waals surface area contributed by atoms with E-state index in [1.54, 1.807) is 0 Å². The number of hydrogen-bond donors (Lipinski definition) is 3. The quantitative estimate of drug-likeness (QED) is 0.406. The van der Waals surface area contributed by atoms with Gasteiger partial charge in [0.2, 0.25) is 0 Å². The van der Waals surface area contributed by atoms with Crippen molar-refractivity contribution in [2.45, 2.75) is 39.3 Å². The summed E-state index contributed by atoms with van der Waals surface area (Å²) < 4.78 is 6.61. The third kappa shape index (κ3) is 7.68. The first-order chi connectivity index (χ1) is 13.0. The van der Waals surface area contributed by atoms with Gasteiger partial charge >= 0.3 is 0 Å². The molecule has 0 amide bonds. The molecule has 1 aliphatic heterocycles. The maximum Gasteiger partial charge on any atom is 0.191 e. The minimum Gasteiger partial charge on any atom is -0.389 e. The molecule has 6 nitrogen and oxygen atoms in total. The van der Waals surface area contributed by atoms with E-state index in [0.717, 1.165) is 36.5 Å². The zero-order valence-corrected chi connectivity index (χ0v) is 18.2. The van der Waals surface area contributed by atoms with Gasteiger partial charge in [-0.2, -0.15) is 0 Å². The van der Waals surface area contributed by atoms with Crippen molar-refractivity contribution in [3.63, 3.8) is 0 Å². The fourth-order valence-electron chi connectivity index (χ4n) is 3.01. The van der Waals surface area contributed by atoms with Gasteiger partial charge in [-0.05, 0) is 47.3 Å². The minimum atomic E-state index is -0.584. The molecule has 1 saturated heterocycles. The second-order valence-electron chi connectivity index (χ2n) is 7.33. The monoisotopic (exact) mass is 440 g/mol. The summed E-state index contributed by atoms with van der Waals surface area (Å²) in [6, 6.07) is 8.63. The average molecular weight is 441 g/mol. The summed E-state index contributed by atoms with van der Waals surface area (Å²) in [7, 11) is 0. The number of aliphatic hydroxyl groups is 1. The molecule has 0 bridgehead atoms. The summed E-state index contributed by atoms with van der Waals surface area (Å²) in [5, 5.41) is 16.8. The molecule has 0 radical (unpaired) electrons. The van der Waals surface area contributed by atoms with Crippen LogP contribution in [0.4, 0.5) is 5.69 Å². The van der Waals surface area contributed by atoms with E-state index in [4.69, 9.17) is 4.74 Å². The van der Waals surface area contributed by atoms with Crippen molar-refractivity contribution in [1.82, 2.24) is 10.6 Å². The number of ether oxygens (including phenoxy) is 1. The summed E-state index contributed by atoms with van der Waals surface area (Å²) >= 11 is 3.63.